The van der Waals surface area contributed by atoms with Crippen molar-refractivity contribution in [1.82, 2.24) is 0 Å². The summed E-state index contributed by atoms with van der Waals surface area (Å²) in [5.74, 6) is 0.498. The molecule has 3 rings (SSSR count). The van der Waals surface area contributed by atoms with Gasteiger partial charge in [-0.3, -0.25) is 0 Å². The second-order valence-electron chi connectivity index (χ2n) is 6.57. The van der Waals surface area contributed by atoms with Gasteiger partial charge in [-0.05, 0) is 12.8 Å². The smallest absolute Gasteiger partial charge is 0.342 e. The molecule has 0 saturated heterocycles. The summed E-state index contributed by atoms with van der Waals surface area (Å²) >= 11 is 0. The van der Waals surface area contributed by atoms with Gasteiger partial charge in [0.05, 0.1) is 0 Å². The molecule has 0 amide bonds. The van der Waals surface area contributed by atoms with Gasteiger partial charge in [0.25, 0.3) is 0 Å². The van der Waals surface area contributed by atoms with Gasteiger partial charge in [0, 0.05) is 0 Å². The van der Waals surface area contributed by atoms with Crippen molar-refractivity contribution in [3.63, 3.8) is 0 Å². The van der Waals surface area contributed by atoms with Gasteiger partial charge in [0.2, 0.25) is 0 Å². The van der Waals surface area contributed by atoms with Crippen molar-refractivity contribution in [2.75, 3.05) is 0 Å². The van der Waals surface area contributed by atoms with Crippen molar-refractivity contribution in [3.05, 3.63) is 85.7 Å². The zero-order chi connectivity index (χ0) is 17.1. The summed E-state index contributed by atoms with van der Waals surface area (Å²) in [6.45, 7) is 15.3. The van der Waals surface area contributed by atoms with Crippen molar-refractivity contribution < 1.29 is 26.2 Å². The molecule has 0 spiro atoms. The first-order chi connectivity index (χ1) is 11.0. The Hall–Kier alpha value is -0.677. The first-order valence-corrected chi connectivity index (χ1v) is 8.72. The van der Waals surface area contributed by atoms with E-state index in [1.807, 2.05) is 60.7 Å². The molecule has 2 aromatic rings. The van der Waals surface area contributed by atoms with E-state index in [2.05, 4.69) is 34.6 Å². The molecule has 2 atom stereocenters. The fourth-order valence-corrected chi connectivity index (χ4v) is 2.86. The number of allylic oxidation sites excluding steroid dienone is 2. The van der Waals surface area contributed by atoms with Gasteiger partial charge in [0.15, 0.2) is 0 Å². The molecule has 1 aliphatic carbocycles. The summed E-state index contributed by atoms with van der Waals surface area (Å²) in [4.78, 5) is 0. The molecule has 0 nitrogen and oxygen atoms in total. The maximum absolute atomic E-state index is 4.28. The van der Waals surface area contributed by atoms with Crippen LogP contribution in [0.3, 0.4) is 0 Å². The van der Waals surface area contributed by atoms with Crippen LogP contribution >= 0.6 is 0 Å². The minimum absolute atomic E-state index is 0. The van der Waals surface area contributed by atoms with E-state index in [1.165, 1.54) is 19.3 Å². The van der Waals surface area contributed by atoms with Crippen molar-refractivity contribution >= 4 is 0 Å². The summed E-state index contributed by atoms with van der Waals surface area (Å²) in [7, 11) is 0. The molecule has 24 heavy (non-hydrogen) atoms. The van der Waals surface area contributed by atoms with E-state index in [0.717, 1.165) is 6.42 Å². The largest absolute Gasteiger partial charge is 4.00 e. The summed E-state index contributed by atoms with van der Waals surface area (Å²) in [6, 6.07) is 20.0. The normalized spacial score (nSPS) is 22.5. The van der Waals surface area contributed by atoms with Gasteiger partial charge in [-0.15, -0.1) is 0 Å². The third kappa shape index (κ3) is 8.43. The topological polar surface area (TPSA) is 0 Å². The summed E-state index contributed by atoms with van der Waals surface area (Å²) in [5, 5.41) is 0. The van der Waals surface area contributed by atoms with Crippen LogP contribution in [0.25, 0.3) is 0 Å². The predicted molar refractivity (Wildman–Crippen MR) is 103 cm³/mol. The molecule has 0 radical (unpaired) electrons. The molecule has 0 fully saturated rings. The monoisotopic (exact) mass is 398 g/mol. The van der Waals surface area contributed by atoms with E-state index in [1.54, 1.807) is 11.1 Å². The summed E-state index contributed by atoms with van der Waals surface area (Å²) in [6.07, 6.45) is 4.72. The van der Waals surface area contributed by atoms with Crippen molar-refractivity contribution in [2.45, 2.75) is 46.5 Å². The van der Waals surface area contributed by atoms with Crippen LogP contribution < -0.4 is 0 Å². The van der Waals surface area contributed by atoms with Crippen LogP contribution in [-0.4, -0.2) is 0 Å². The molecule has 0 heterocycles. The molecule has 1 heteroatoms. The second-order valence-corrected chi connectivity index (χ2v) is 6.57. The van der Waals surface area contributed by atoms with Gasteiger partial charge in [-0.1, -0.05) is 44.8 Å². The molecule has 2 aromatic carbocycles. The molecule has 0 bridgehead atoms. The standard InChI is InChI=1S/C13H22.2C5H5.Zr/c1-6-11-8-10(3)13(4,5)9-12(11)7-2;2*1-2-4-5-3-1;/h10H,3-4,6-9H2,1-2,5H3;2*1-5H;/q-2;2*-1;+4. The Morgan fingerprint density at radius 1 is 0.958 bits per heavy atom. The number of hydrogen-bond acceptors (Lipinski definition) is 0. The molecule has 0 N–H and O–H groups in total. The quantitative estimate of drug-likeness (QED) is 0.377. The molecule has 0 aromatic heterocycles. The van der Waals surface area contributed by atoms with Gasteiger partial charge in [-0.25, -0.2) is 24.3 Å². The van der Waals surface area contributed by atoms with Crippen LogP contribution in [0.2, 0.25) is 0 Å². The molecule has 2 unspecified atom stereocenters. The Morgan fingerprint density at radius 2 is 1.38 bits per heavy atom. The fraction of sp³-hybridized carbons (Fsp3) is 0.391. The van der Waals surface area contributed by atoms with Gasteiger partial charge in [-0.2, -0.15) is 47.7 Å². The van der Waals surface area contributed by atoms with Gasteiger partial charge in [0.1, 0.15) is 0 Å². The van der Waals surface area contributed by atoms with Crippen molar-refractivity contribution in [3.8, 4) is 0 Å². The van der Waals surface area contributed by atoms with E-state index in [0.29, 0.717) is 5.92 Å². The second kappa shape index (κ2) is 12.7. The first kappa shape index (κ1) is 23.3. The Morgan fingerprint density at radius 3 is 1.67 bits per heavy atom. The molecule has 128 valence electrons. The van der Waals surface area contributed by atoms with Crippen molar-refractivity contribution in [2.24, 2.45) is 11.3 Å². The van der Waals surface area contributed by atoms with E-state index < -0.39 is 0 Å². The summed E-state index contributed by atoms with van der Waals surface area (Å²) < 4.78 is 0. The molecule has 1 aliphatic rings. The average Bonchev–Trinajstić information content (AvgIpc) is 3.27. The SMILES string of the molecule is [CH2-]C1CC(CC)=C(CC)CC1([CH2-])C.[Zr+4].c1cc[cH-]c1.c1cc[cH-]c1. The third-order valence-corrected chi connectivity index (χ3v) is 4.56. The third-order valence-electron chi connectivity index (χ3n) is 4.56. The fourth-order valence-electron chi connectivity index (χ4n) is 2.86. The molecular weight excluding hydrogens is 367 g/mol. The van der Waals surface area contributed by atoms with Gasteiger partial charge >= 0.3 is 26.2 Å². The van der Waals surface area contributed by atoms with Crippen LogP contribution in [0.5, 0.6) is 0 Å². The van der Waals surface area contributed by atoms with Crippen LogP contribution in [0.1, 0.15) is 46.5 Å². The Balaban J connectivity index is 0.000000393. The number of rotatable bonds is 2. The van der Waals surface area contributed by atoms with E-state index >= 15 is 0 Å². The van der Waals surface area contributed by atoms with Gasteiger partial charge < -0.3 is 13.8 Å². The van der Waals surface area contributed by atoms with E-state index in [4.69, 9.17) is 0 Å². The minimum atomic E-state index is 0. The molecule has 0 saturated carbocycles. The first-order valence-electron chi connectivity index (χ1n) is 8.72. The van der Waals surface area contributed by atoms with Crippen LogP contribution in [0, 0.1) is 25.2 Å². The van der Waals surface area contributed by atoms with Crippen molar-refractivity contribution in [1.29, 1.82) is 0 Å². The zero-order valence-corrected chi connectivity index (χ0v) is 18.1. The van der Waals surface area contributed by atoms with E-state index in [9.17, 15) is 0 Å². The Bertz CT molecular complexity index is 454. The minimum Gasteiger partial charge on any atom is -0.342 e. The summed E-state index contributed by atoms with van der Waals surface area (Å²) in [5.41, 5.74) is 3.45. The predicted octanol–water partition coefficient (Wildman–Crippen LogP) is 7.00. The maximum atomic E-state index is 4.28. The van der Waals surface area contributed by atoms with Crippen LogP contribution in [-0.2, 0) is 26.2 Å². The maximum Gasteiger partial charge on any atom is 4.00 e. The van der Waals surface area contributed by atoms with Crippen LogP contribution in [0.4, 0.5) is 0 Å². The van der Waals surface area contributed by atoms with Crippen LogP contribution in [0.15, 0.2) is 71.8 Å². The Kier molecular flexibility index (Phi) is 12.3. The zero-order valence-electron chi connectivity index (χ0n) is 15.6. The average molecular weight is 400 g/mol. The Labute approximate surface area is 169 Å². The number of hydrogen-bond donors (Lipinski definition) is 0. The molecule has 0 aliphatic heterocycles. The van der Waals surface area contributed by atoms with E-state index in [-0.39, 0.29) is 31.6 Å². The molecular formula is C23H32Zr.